The van der Waals surface area contributed by atoms with Gasteiger partial charge in [0.2, 0.25) is 5.91 Å². The number of alkyl halides is 3. The highest BCUT2D eigenvalue weighted by atomic mass is 19.4. The van der Waals surface area contributed by atoms with E-state index in [9.17, 15) is 23.1 Å². The molecule has 146 valence electrons. The Labute approximate surface area is 156 Å². The van der Waals surface area contributed by atoms with Gasteiger partial charge in [-0.2, -0.15) is 0 Å². The van der Waals surface area contributed by atoms with E-state index in [2.05, 4.69) is 10.1 Å². The summed E-state index contributed by atoms with van der Waals surface area (Å²) >= 11 is 0. The molecular weight excluding hydrogens is 359 g/mol. The van der Waals surface area contributed by atoms with Gasteiger partial charge in [-0.05, 0) is 43.0 Å². The number of aryl methyl sites for hydroxylation is 2. The first-order valence-corrected chi connectivity index (χ1v) is 8.59. The molecule has 0 spiro atoms. The van der Waals surface area contributed by atoms with Crippen LogP contribution < -0.4 is 10.1 Å². The molecule has 1 atom stereocenters. The van der Waals surface area contributed by atoms with Crippen molar-refractivity contribution in [2.45, 2.75) is 38.7 Å². The predicted molar refractivity (Wildman–Crippen MR) is 95.2 cm³/mol. The Kier molecular flexibility index (Phi) is 7.24. The van der Waals surface area contributed by atoms with E-state index in [4.69, 9.17) is 0 Å². The Hall–Kier alpha value is -2.54. The van der Waals surface area contributed by atoms with Crippen molar-refractivity contribution in [2.75, 3.05) is 6.54 Å². The number of amides is 1. The molecule has 1 unspecified atom stereocenters. The van der Waals surface area contributed by atoms with Crippen molar-refractivity contribution in [3.05, 3.63) is 65.2 Å². The van der Waals surface area contributed by atoms with Crippen LogP contribution in [-0.4, -0.2) is 23.9 Å². The molecule has 0 aliphatic rings. The number of aliphatic hydroxyl groups is 1. The zero-order chi connectivity index (χ0) is 19.9. The molecular formula is C20H22F3NO3. The Morgan fingerprint density at radius 3 is 2.33 bits per heavy atom. The van der Waals surface area contributed by atoms with Gasteiger partial charge in [0.15, 0.2) is 0 Å². The summed E-state index contributed by atoms with van der Waals surface area (Å²) in [6, 6.07) is 13.0. The van der Waals surface area contributed by atoms with Crippen LogP contribution in [0, 0.1) is 6.92 Å². The molecule has 7 heteroatoms. The fraction of sp³-hybridized carbons (Fsp3) is 0.350. The summed E-state index contributed by atoms with van der Waals surface area (Å²) in [5, 5.41) is 12.7. The molecule has 4 nitrogen and oxygen atoms in total. The molecule has 2 aromatic rings. The Bertz CT molecular complexity index is 728. The molecule has 2 rings (SSSR count). The van der Waals surface area contributed by atoms with Crippen molar-refractivity contribution < 1.29 is 27.8 Å². The van der Waals surface area contributed by atoms with E-state index >= 15 is 0 Å². The average molecular weight is 381 g/mol. The minimum absolute atomic E-state index is 0.0111. The highest BCUT2D eigenvalue weighted by molar-refractivity contribution is 5.75. The number of carbonyl (C=O) groups is 1. The van der Waals surface area contributed by atoms with Gasteiger partial charge in [0.1, 0.15) is 5.75 Å². The van der Waals surface area contributed by atoms with E-state index in [0.717, 1.165) is 24.1 Å². The number of ether oxygens (including phenoxy) is 1. The number of hydrogen-bond donors (Lipinski definition) is 2. The largest absolute Gasteiger partial charge is 0.573 e. The molecule has 2 N–H and O–H groups in total. The third kappa shape index (κ3) is 7.70. The number of aliphatic hydroxyl groups excluding tert-OH is 1. The Morgan fingerprint density at radius 1 is 1.11 bits per heavy atom. The number of nitrogens with one attached hydrogen (secondary N) is 1. The van der Waals surface area contributed by atoms with Crippen molar-refractivity contribution in [2.24, 2.45) is 0 Å². The molecule has 1 amide bonds. The van der Waals surface area contributed by atoms with E-state index in [1.807, 2.05) is 31.2 Å². The van der Waals surface area contributed by atoms with Gasteiger partial charge in [-0.1, -0.05) is 42.0 Å². The molecule has 0 aromatic heterocycles. The third-order valence-corrected chi connectivity index (χ3v) is 3.98. The van der Waals surface area contributed by atoms with E-state index in [1.54, 1.807) is 0 Å². The summed E-state index contributed by atoms with van der Waals surface area (Å²) in [6.45, 7) is 2.00. The predicted octanol–water partition coefficient (Wildman–Crippen LogP) is 4.07. The molecule has 2 aromatic carbocycles. The summed E-state index contributed by atoms with van der Waals surface area (Å²) in [7, 11) is 0. The van der Waals surface area contributed by atoms with Crippen LogP contribution >= 0.6 is 0 Å². The summed E-state index contributed by atoms with van der Waals surface area (Å²) in [5.74, 6) is -0.545. The van der Waals surface area contributed by atoms with E-state index in [-0.39, 0.29) is 18.2 Å². The summed E-state index contributed by atoms with van der Waals surface area (Å²) < 4.78 is 40.1. The maximum atomic E-state index is 12.1. The molecule has 27 heavy (non-hydrogen) atoms. The molecule has 0 heterocycles. The Morgan fingerprint density at radius 2 is 1.74 bits per heavy atom. The number of benzene rings is 2. The quantitative estimate of drug-likeness (QED) is 0.725. The lowest BCUT2D eigenvalue weighted by atomic mass is 10.1. The highest BCUT2D eigenvalue weighted by Gasteiger charge is 2.31. The fourth-order valence-corrected chi connectivity index (χ4v) is 2.52. The molecule has 0 bridgehead atoms. The van der Waals surface area contributed by atoms with Gasteiger partial charge in [0.05, 0.1) is 6.10 Å². The second-order valence-electron chi connectivity index (χ2n) is 6.28. The topological polar surface area (TPSA) is 58.6 Å². The first-order valence-electron chi connectivity index (χ1n) is 8.59. The van der Waals surface area contributed by atoms with Gasteiger partial charge in [0, 0.05) is 13.0 Å². The molecule has 0 saturated carbocycles. The minimum atomic E-state index is -4.76. The summed E-state index contributed by atoms with van der Waals surface area (Å²) in [4.78, 5) is 11.9. The van der Waals surface area contributed by atoms with Gasteiger partial charge in [-0.3, -0.25) is 4.79 Å². The molecule has 0 aliphatic heterocycles. The first kappa shape index (κ1) is 20.8. The lowest BCUT2D eigenvalue weighted by Gasteiger charge is -2.14. The fourth-order valence-electron chi connectivity index (χ4n) is 2.52. The molecule has 0 fully saturated rings. The zero-order valence-electron chi connectivity index (χ0n) is 14.9. The van der Waals surface area contributed by atoms with Gasteiger partial charge < -0.3 is 15.2 Å². The van der Waals surface area contributed by atoms with E-state index in [0.29, 0.717) is 18.4 Å². The number of rotatable bonds is 8. The van der Waals surface area contributed by atoms with Gasteiger partial charge in [-0.25, -0.2) is 0 Å². The van der Waals surface area contributed by atoms with Crippen LogP contribution in [0.15, 0.2) is 48.5 Å². The maximum Gasteiger partial charge on any atom is 0.573 e. The van der Waals surface area contributed by atoms with Crippen molar-refractivity contribution in [3.63, 3.8) is 0 Å². The van der Waals surface area contributed by atoms with Gasteiger partial charge >= 0.3 is 6.36 Å². The van der Waals surface area contributed by atoms with Crippen LogP contribution in [0.2, 0.25) is 0 Å². The van der Waals surface area contributed by atoms with Crippen LogP contribution in [0.3, 0.4) is 0 Å². The number of halogens is 3. The van der Waals surface area contributed by atoms with E-state index in [1.165, 1.54) is 17.7 Å². The molecule has 0 aliphatic carbocycles. The second-order valence-corrected chi connectivity index (χ2v) is 6.28. The first-order chi connectivity index (χ1) is 12.7. The normalized spacial score (nSPS) is 12.5. The van der Waals surface area contributed by atoms with Crippen molar-refractivity contribution in [1.29, 1.82) is 0 Å². The molecule has 0 radical (unpaired) electrons. The lowest BCUT2D eigenvalue weighted by molar-refractivity contribution is -0.274. The number of hydrogen-bond acceptors (Lipinski definition) is 3. The molecule has 0 saturated heterocycles. The SMILES string of the molecule is Cc1ccc(CCCC(=O)NCC(O)c2ccc(OC(F)(F)F)cc2)cc1. The monoisotopic (exact) mass is 381 g/mol. The van der Waals surface area contributed by atoms with Crippen LogP contribution in [0.1, 0.15) is 35.6 Å². The van der Waals surface area contributed by atoms with Gasteiger partial charge in [-0.15, -0.1) is 13.2 Å². The van der Waals surface area contributed by atoms with E-state index < -0.39 is 12.5 Å². The Balaban J connectivity index is 1.71. The zero-order valence-corrected chi connectivity index (χ0v) is 14.9. The van der Waals surface area contributed by atoms with Gasteiger partial charge in [0.25, 0.3) is 0 Å². The third-order valence-electron chi connectivity index (χ3n) is 3.98. The van der Waals surface area contributed by atoms with Crippen molar-refractivity contribution in [3.8, 4) is 5.75 Å². The standard InChI is InChI=1S/C20H22F3NO3/c1-14-5-7-15(8-6-14)3-2-4-19(26)24-13-18(25)16-9-11-17(12-10-16)27-20(21,22)23/h5-12,18,25H,2-4,13H2,1H3,(H,24,26). The van der Waals surface area contributed by atoms with Crippen LogP contribution in [0.5, 0.6) is 5.75 Å². The summed E-state index contributed by atoms with van der Waals surface area (Å²) in [6.07, 6.45) is -3.96. The number of carbonyl (C=O) groups excluding carboxylic acids is 1. The second kappa shape index (κ2) is 9.41. The van der Waals surface area contributed by atoms with Crippen LogP contribution in [0.4, 0.5) is 13.2 Å². The van der Waals surface area contributed by atoms with Crippen LogP contribution in [0.25, 0.3) is 0 Å². The van der Waals surface area contributed by atoms with Crippen molar-refractivity contribution in [1.82, 2.24) is 5.32 Å². The van der Waals surface area contributed by atoms with Crippen molar-refractivity contribution >= 4 is 5.91 Å². The highest BCUT2D eigenvalue weighted by Crippen LogP contribution is 2.24. The lowest BCUT2D eigenvalue weighted by Crippen LogP contribution is -2.28. The summed E-state index contributed by atoms with van der Waals surface area (Å²) in [5.41, 5.74) is 2.74. The van der Waals surface area contributed by atoms with Crippen LogP contribution in [-0.2, 0) is 11.2 Å². The average Bonchev–Trinajstić information content (AvgIpc) is 2.60. The maximum absolute atomic E-state index is 12.1. The minimum Gasteiger partial charge on any atom is -0.406 e. The smallest absolute Gasteiger partial charge is 0.406 e.